The van der Waals surface area contributed by atoms with Crippen molar-refractivity contribution in [2.24, 2.45) is 0 Å². The average Bonchev–Trinajstić information content (AvgIpc) is 2.11. The van der Waals surface area contributed by atoms with Crippen molar-refractivity contribution < 1.29 is 14.3 Å². The molecular formula is C9H17NO3. The van der Waals surface area contributed by atoms with Crippen molar-refractivity contribution in [2.75, 3.05) is 20.2 Å². The summed E-state index contributed by atoms with van der Waals surface area (Å²) in [5.74, 6) is -0.270. The van der Waals surface area contributed by atoms with Crippen LogP contribution in [0.2, 0.25) is 0 Å². The van der Waals surface area contributed by atoms with Gasteiger partial charge in [0.2, 0.25) is 5.91 Å². The van der Waals surface area contributed by atoms with E-state index in [4.69, 9.17) is 0 Å². The average molecular weight is 187 g/mol. The fraction of sp³-hybridized carbons (Fsp3) is 0.778. The van der Waals surface area contributed by atoms with Crippen molar-refractivity contribution in [2.45, 2.75) is 26.7 Å². The highest BCUT2D eigenvalue weighted by Crippen LogP contribution is 1.96. The van der Waals surface area contributed by atoms with Gasteiger partial charge in [-0.25, -0.2) is 0 Å². The van der Waals surface area contributed by atoms with E-state index in [2.05, 4.69) is 4.74 Å². The number of amides is 1. The van der Waals surface area contributed by atoms with E-state index in [-0.39, 0.29) is 18.3 Å². The Kier molecular flexibility index (Phi) is 5.93. The molecule has 1 amide bonds. The molecule has 0 N–H and O–H groups in total. The number of carbonyl (C=O) groups excluding carboxylic acids is 2. The first-order valence-electron chi connectivity index (χ1n) is 4.44. The Morgan fingerprint density at radius 2 is 1.92 bits per heavy atom. The van der Waals surface area contributed by atoms with E-state index in [1.165, 1.54) is 14.0 Å². The van der Waals surface area contributed by atoms with Gasteiger partial charge in [-0.2, -0.15) is 0 Å². The Bertz CT molecular complexity index is 180. The highest BCUT2D eigenvalue weighted by molar-refractivity contribution is 5.74. The van der Waals surface area contributed by atoms with Crippen molar-refractivity contribution in [1.29, 1.82) is 0 Å². The lowest BCUT2D eigenvalue weighted by Crippen LogP contribution is -2.31. The smallest absolute Gasteiger partial charge is 0.307 e. The lowest BCUT2D eigenvalue weighted by molar-refractivity contribution is -0.141. The van der Waals surface area contributed by atoms with E-state index in [1.807, 2.05) is 6.92 Å². The molecule has 0 saturated heterocycles. The molecular weight excluding hydrogens is 170 g/mol. The largest absolute Gasteiger partial charge is 0.469 e. The second kappa shape index (κ2) is 6.46. The van der Waals surface area contributed by atoms with E-state index in [1.54, 1.807) is 4.90 Å². The minimum Gasteiger partial charge on any atom is -0.469 e. The van der Waals surface area contributed by atoms with Gasteiger partial charge in [-0.1, -0.05) is 6.92 Å². The molecule has 0 aliphatic carbocycles. The van der Waals surface area contributed by atoms with Crippen LogP contribution in [0.15, 0.2) is 0 Å². The maximum absolute atomic E-state index is 11.0. The molecule has 0 aromatic carbocycles. The van der Waals surface area contributed by atoms with E-state index in [0.717, 1.165) is 6.42 Å². The summed E-state index contributed by atoms with van der Waals surface area (Å²) in [5.41, 5.74) is 0. The number of nitrogens with zero attached hydrogens (tertiary/aromatic N) is 1. The number of carbonyl (C=O) groups is 2. The molecule has 0 aromatic heterocycles. The van der Waals surface area contributed by atoms with Gasteiger partial charge in [0.05, 0.1) is 13.5 Å². The first kappa shape index (κ1) is 11.9. The molecule has 0 unspecified atom stereocenters. The Hall–Kier alpha value is -1.06. The first-order chi connectivity index (χ1) is 6.11. The van der Waals surface area contributed by atoms with Gasteiger partial charge in [-0.05, 0) is 6.42 Å². The van der Waals surface area contributed by atoms with Gasteiger partial charge in [-0.15, -0.1) is 0 Å². The van der Waals surface area contributed by atoms with Gasteiger partial charge < -0.3 is 9.64 Å². The molecule has 0 saturated carbocycles. The summed E-state index contributed by atoms with van der Waals surface area (Å²) >= 11 is 0. The fourth-order valence-corrected chi connectivity index (χ4v) is 1.02. The monoisotopic (exact) mass is 187 g/mol. The predicted molar refractivity (Wildman–Crippen MR) is 49.2 cm³/mol. The van der Waals surface area contributed by atoms with Crippen LogP contribution in [0.4, 0.5) is 0 Å². The number of rotatable bonds is 5. The molecule has 4 nitrogen and oxygen atoms in total. The molecule has 0 heterocycles. The van der Waals surface area contributed by atoms with Crippen LogP contribution in [0, 0.1) is 0 Å². The number of hydrogen-bond donors (Lipinski definition) is 0. The molecule has 0 atom stereocenters. The minimum absolute atomic E-state index is 0.00533. The third kappa shape index (κ3) is 5.22. The number of hydrogen-bond acceptors (Lipinski definition) is 3. The van der Waals surface area contributed by atoms with Crippen molar-refractivity contribution in [3.63, 3.8) is 0 Å². The van der Waals surface area contributed by atoms with Crippen LogP contribution < -0.4 is 0 Å². The van der Waals surface area contributed by atoms with Crippen molar-refractivity contribution >= 4 is 11.9 Å². The normalized spacial score (nSPS) is 9.46. The fourth-order valence-electron chi connectivity index (χ4n) is 1.02. The zero-order chi connectivity index (χ0) is 10.3. The van der Waals surface area contributed by atoms with Crippen LogP contribution in [-0.4, -0.2) is 37.0 Å². The molecule has 0 bridgehead atoms. The predicted octanol–water partition coefficient (Wildman–Crippen LogP) is 0.808. The van der Waals surface area contributed by atoms with Crippen LogP contribution >= 0.6 is 0 Å². The summed E-state index contributed by atoms with van der Waals surface area (Å²) in [4.78, 5) is 23.4. The number of esters is 1. The van der Waals surface area contributed by atoms with Crippen molar-refractivity contribution in [1.82, 2.24) is 4.90 Å². The Labute approximate surface area is 78.9 Å². The molecule has 76 valence electrons. The molecule has 0 spiro atoms. The lowest BCUT2D eigenvalue weighted by atomic mass is 10.3. The van der Waals surface area contributed by atoms with Gasteiger partial charge in [0.15, 0.2) is 0 Å². The second-order valence-electron chi connectivity index (χ2n) is 2.83. The number of methoxy groups -OCH3 is 1. The van der Waals surface area contributed by atoms with Crippen LogP contribution in [0.5, 0.6) is 0 Å². The molecule has 0 aromatic rings. The lowest BCUT2D eigenvalue weighted by Gasteiger charge is -2.19. The number of ether oxygens (including phenoxy) is 1. The van der Waals surface area contributed by atoms with Gasteiger partial charge in [0.25, 0.3) is 0 Å². The highest BCUT2D eigenvalue weighted by atomic mass is 16.5. The molecule has 0 aliphatic rings. The minimum atomic E-state index is -0.276. The topological polar surface area (TPSA) is 46.6 Å². The summed E-state index contributed by atoms with van der Waals surface area (Å²) in [6.07, 6.45) is 1.18. The zero-order valence-electron chi connectivity index (χ0n) is 8.50. The van der Waals surface area contributed by atoms with Gasteiger partial charge in [0, 0.05) is 20.0 Å². The van der Waals surface area contributed by atoms with E-state index in [9.17, 15) is 9.59 Å². The quantitative estimate of drug-likeness (QED) is 0.598. The molecule has 0 aliphatic heterocycles. The van der Waals surface area contributed by atoms with Crippen LogP contribution in [-0.2, 0) is 14.3 Å². The van der Waals surface area contributed by atoms with E-state index < -0.39 is 0 Å². The SMILES string of the molecule is CCCN(CCC(=O)OC)C(C)=O. The molecule has 0 fully saturated rings. The summed E-state index contributed by atoms with van der Waals surface area (Å²) < 4.78 is 4.48. The first-order valence-corrected chi connectivity index (χ1v) is 4.44. The Balaban J connectivity index is 3.82. The summed E-state index contributed by atoms with van der Waals surface area (Å²) in [6, 6.07) is 0. The molecule has 0 radical (unpaired) electrons. The van der Waals surface area contributed by atoms with Crippen LogP contribution in [0.1, 0.15) is 26.7 Å². The Morgan fingerprint density at radius 1 is 1.31 bits per heavy atom. The van der Waals surface area contributed by atoms with E-state index >= 15 is 0 Å². The zero-order valence-corrected chi connectivity index (χ0v) is 8.50. The standard InChI is InChI=1S/C9H17NO3/c1-4-6-10(8(2)11)7-5-9(12)13-3/h4-7H2,1-3H3. The highest BCUT2D eigenvalue weighted by Gasteiger charge is 2.09. The molecule has 0 rings (SSSR count). The molecule has 13 heavy (non-hydrogen) atoms. The third-order valence-corrected chi connectivity index (χ3v) is 1.75. The third-order valence-electron chi connectivity index (χ3n) is 1.75. The van der Waals surface area contributed by atoms with Crippen molar-refractivity contribution in [3.8, 4) is 0 Å². The van der Waals surface area contributed by atoms with Gasteiger partial charge in [-0.3, -0.25) is 9.59 Å². The molecule has 4 heteroatoms. The Morgan fingerprint density at radius 3 is 2.31 bits per heavy atom. The van der Waals surface area contributed by atoms with Crippen LogP contribution in [0.25, 0.3) is 0 Å². The van der Waals surface area contributed by atoms with Gasteiger partial charge in [0.1, 0.15) is 0 Å². The van der Waals surface area contributed by atoms with E-state index in [0.29, 0.717) is 13.1 Å². The summed E-state index contributed by atoms with van der Waals surface area (Å²) in [7, 11) is 1.35. The maximum Gasteiger partial charge on any atom is 0.307 e. The summed E-state index contributed by atoms with van der Waals surface area (Å²) in [6.45, 7) is 4.66. The second-order valence-corrected chi connectivity index (χ2v) is 2.83. The summed E-state index contributed by atoms with van der Waals surface area (Å²) in [5, 5.41) is 0. The van der Waals surface area contributed by atoms with Crippen molar-refractivity contribution in [3.05, 3.63) is 0 Å². The van der Waals surface area contributed by atoms with Crippen LogP contribution in [0.3, 0.4) is 0 Å². The van der Waals surface area contributed by atoms with Gasteiger partial charge >= 0.3 is 5.97 Å². The maximum atomic E-state index is 11.0.